The highest BCUT2D eigenvalue weighted by Crippen LogP contribution is 2.45. The van der Waals surface area contributed by atoms with Gasteiger partial charge >= 0.3 is 0 Å². The van der Waals surface area contributed by atoms with Gasteiger partial charge in [-0.1, -0.05) is 27.7 Å². The highest BCUT2D eigenvalue weighted by Gasteiger charge is 2.39. The third kappa shape index (κ3) is 3.93. The van der Waals surface area contributed by atoms with E-state index < -0.39 is 15.4 Å². The Hall–Kier alpha value is -0.130. The molecule has 1 aliphatic rings. The number of hydrogen-bond acceptors (Lipinski definition) is 3. The first-order chi connectivity index (χ1) is 8.07. The summed E-state index contributed by atoms with van der Waals surface area (Å²) in [5.41, 5.74) is 5.77. The van der Waals surface area contributed by atoms with Gasteiger partial charge in [0.05, 0.1) is 0 Å². The first-order valence-electron chi connectivity index (χ1n) is 6.73. The number of nitrogens with two attached hydrogens (primary N) is 1. The second-order valence-electron chi connectivity index (χ2n) is 6.82. The summed E-state index contributed by atoms with van der Waals surface area (Å²) in [6.07, 6.45) is 3.20. The van der Waals surface area contributed by atoms with E-state index in [-0.39, 0.29) is 17.9 Å². The van der Waals surface area contributed by atoms with Gasteiger partial charge in [-0.15, -0.1) is 0 Å². The Kier molecular flexibility index (Phi) is 4.84. The molecule has 5 heteroatoms. The Labute approximate surface area is 111 Å². The fraction of sp³-hybridized carbons (Fsp3) is 1.00. The third-order valence-electron chi connectivity index (χ3n) is 4.37. The van der Waals surface area contributed by atoms with E-state index in [0.29, 0.717) is 11.8 Å². The van der Waals surface area contributed by atoms with Gasteiger partial charge in [0.25, 0.3) is 10.1 Å². The first-order valence-corrected chi connectivity index (χ1v) is 8.23. The molecule has 1 saturated carbocycles. The molecular formula is C13H27NO3S. The van der Waals surface area contributed by atoms with Crippen LogP contribution in [0.2, 0.25) is 0 Å². The average Bonchev–Trinajstić information content (AvgIpc) is 2.12. The molecule has 0 aliphatic heterocycles. The van der Waals surface area contributed by atoms with E-state index in [0.717, 1.165) is 12.8 Å². The van der Waals surface area contributed by atoms with Crippen LogP contribution >= 0.6 is 0 Å². The minimum Gasteiger partial charge on any atom is -0.329 e. The standard InChI is InChI=1S/C13H27NO3S/c1-9-5-11(7-13(3,4)6-9)10(2)12(8-14)18(15,16)17/h9-12H,5-8,14H2,1-4H3,(H,15,16,17). The lowest BCUT2D eigenvalue weighted by Gasteiger charge is -2.42. The molecule has 1 rings (SSSR count). The lowest BCUT2D eigenvalue weighted by molar-refractivity contribution is 0.0977. The second kappa shape index (κ2) is 5.47. The van der Waals surface area contributed by atoms with Gasteiger partial charge in [-0.05, 0) is 42.4 Å². The van der Waals surface area contributed by atoms with E-state index in [4.69, 9.17) is 5.73 Å². The van der Waals surface area contributed by atoms with Crippen LogP contribution in [0.15, 0.2) is 0 Å². The van der Waals surface area contributed by atoms with Crippen LogP contribution in [0.25, 0.3) is 0 Å². The second-order valence-corrected chi connectivity index (χ2v) is 8.46. The quantitative estimate of drug-likeness (QED) is 0.773. The molecule has 0 saturated heterocycles. The third-order valence-corrected chi connectivity index (χ3v) is 5.75. The monoisotopic (exact) mass is 277 g/mol. The number of rotatable bonds is 4. The maximum Gasteiger partial charge on any atom is 0.269 e. The van der Waals surface area contributed by atoms with Crippen LogP contribution < -0.4 is 5.73 Å². The zero-order chi connectivity index (χ0) is 14.1. The Bertz CT molecular complexity index is 378. The van der Waals surface area contributed by atoms with Crippen molar-refractivity contribution in [3.05, 3.63) is 0 Å². The van der Waals surface area contributed by atoms with Gasteiger partial charge < -0.3 is 5.73 Å². The molecule has 4 nitrogen and oxygen atoms in total. The molecule has 1 fully saturated rings. The van der Waals surface area contributed by atoms with E-state index in [2.05, 4.69) is 20.8 Å². The van der Waals surface area contributed by atoms with E-state index in [1.54, 1.807) is 0 Å². The molecule has 0 spiro atoms. The van der Waals surface area contributed by atoms with Gasteiger partial charge in [0.2, 0.25) is 0 Å². The normalized spacial score (nSPS) is 31.9. The largest absolute Gasteiger partial charge is 0.329 e. The molecule has 3 N–H and O–H groups in total. The summed E-state index contributed by atoms with van der Waals surface area (Å²) in [5, 5.41) is -0.830. The summed E-state index contributed by atoms with van der Waals surface area (Å²) in [7, 11) is -4.04. The molecule has 0 bridgehead atoms. The van der Waals surface area contributed by atoms with E-state index in [1.165, 1.54) is 6.42 Å². The molecule has 0 radical (unpaired) electrons. The summed E-state index contributed by atoms with van der Waals surface area (Å²) in [5.74, 6) is 0.826. The highest BCUT2D eigenvalue weighted by molar-refractivity contribution is 7.86. The molecule has 4 atom stereocenters. The minimum atomic E-state index is -4.04. The van der Waals surface area contributed by atoms with Crippen LogP contribution in [0.1, 0.15) is 47.0 Å². The molecule has 0 aromatic heterocycles. The molecule has 0 aromatic carbocycles. The zero-order valence-electron chi connectivity index (χ0n) is 11.9. The summed E-state index contributed by atoms with van der Waals surface area (Å²) in [6.45, 7) is 8.57. The van der Waals surface area contributed by atoms with Crippen LogP contribution in [-0.4, -0.2) is 24.8 Å². The van der Waals surface area contributed by atoms with Gasteiger partial charge in [0.1, 0.15) is 5.25 Å². The topological polar surface area (TPSA) is 80.4 Å². The van der Waals surface area contributed by atoms with Crippen molar-refractivity contribution < 1.29 is 13.0 Å². The summed E-state index contributed by atoms with van der Waals surface area (Å²) >= 11 is 0. The molecule has 0 heterocycles. The summed E-state index contributed by atoms with van der Waals surface area (Å²) in [6, 6.07) is 0. The van der Waals surface area contributed by atoms with Gasteiger partial charge in [-0.25, -0.2) is 0 Å². The Morgan fingerprint density at radius 3 is 2.33 bits per heavy atom. The molecule has 1 aliphatic carbocycles. The van der Waals surface area contributed by atoms with Crippen LogP contribution in [0, 0.1) is 23.2 Å². The highest BCUT2D eigenvalue weighted by atomic mass is 32.2. The molecule has 108 valence electrons. The molecule has 0 aromatic rings. The molecule has 0 amide bonds. The molecule has 18 heavy (non-hydrogen) atoms. The molecule has 4 unspecified atom stereocenters. The fourth-order valence-electron chi connectivity index (χ4n) is 3.73. The van der Waals surface area contributed by atoms with Crippen LogP contribution in [-0.2, 0) is 10.1 Å². The van der Waals surface area contributed by atoms with Crippen molar-refractivity contribution in [1.82, 2.24) is 0 Å². The smallest absolute Gasteiger partial charge is 0.269 e. The predicted molar refractivity (Wildman–Crippen MR) is 73.8 cm³/mol. The predicted octanol–water partition coefficient (Wildman–Crippen LogP) is 2.30. The number of hydrogen-bond donors (Lipinski definition) is 2. The van der Waals surface area contributed by atoms with Gasteiger partial charge in [0.15, 0.2) is 0 Å². The average molecular weight is 277 g/mol. The van der Waals surface area contributed by atoms with Crippen molar-refractivity contribution in [2.75, 3.05) is 6.54 Å². The lowest BCUT2D eigenvalue weighted by Crippen LogP contribution is -2.42. The van der Waals surface area contributed by atoms with Crippen LogP contribution in [0.4, 0.5) is 0 Å². The van der Waals surface area contributed by atoms with Crippen molar-refractivity contribution in [2.45, 2.75) is 52.2 Å². The van der Waals surface area contributed by atoms with E-state index in [1.807, 2.05) is 6.92 Å². The lowest BCUT2D eigenvalue weighted by atomic mass is 9.64. The van der Waals surface area contributed by atoms with Crippen molar-refractivity contribution in [3.8, 4) is 0 Å². The molecular weight excluding hydrogens is 250 g/mol. The summed E-state index contributed by atoms with van der Waals surface area (Å²) < 4.78 is 32.0. The van der Waals surface area contributed by atoms with Crippen molar-refractivity contribution in [3.63, 3.8) is 0 Å². The van der Waals surface area contributed by atoms with Crippen molar-refractivity contribution >= 4 is 10.1 Å². The minimum absolute atomic E-state index is 0.00862. The van der Waals surface area contributed by atoms with Gasteiger partial charge in [-0.2, -0.15) is 8.42 Å². The Morgan fingerprint density at radius 1 is 1.39 bits per heavy atom. The first kappa shape index (κ1) is 15.9. The van der Waals surface area contributed by atoms with Gasteiger partial charge in [0, 0.05) is 6.54 Å². The van der Waals surface area contributed by atoms with E-state index >= 15 is 0 Å². The van der Waals surface area contributed by atoms with Crippen molar-refractivity contribution in [1.29, 1.82) is 0 Å². The summed E-state index contributed by atoms with van der Waals surface area (Å²) in [4.78, 5) is 0. The van der Waals surface area contributed by atoms with Gasteiger partial charge in [-0.3, -0.25) is 4.55 Å². The van der Waals surface area contributed by atoms with Crippen LogP contribution in [0.5, 0.6) is 0 Å². The van der Waals surface area contributed by atoms with E-state index in [9.17, 15) is 13.0 Å². The van der Waals surface area contributed by atoms with Crippen molar-refractivity contribution in [2.24, 2.45) is 28.9 Å². The Balaban J connectivity index is 2.86. The maximum absolute atomic E-state index is 11.4. The maximum atomic E-state index is 11.4. The Morgan fingerprint density at radius 2 is 1.94 bits per heavy atom. The fourth-order valence-corrected chi connectivity index (χ4v) is 4.74. The zero-order valence-corrected chi connectivity index (χ0v) is 12.7. The van der Waals surface area contributed by atoms with Crippen LogP contribution in [0.3, 0.4) is 0 Å². The SMILES string of the molecule is CC1CC(C(C)C(CN)S(=O)(=O)O)CC(C)(C)C1.